The predicted octanol–water partition coefficient (Wildman–Crippen LogP) is 2.48. The van der Waals surface area contributed by atoms with Crippen molar-refractivity contribution in [3.8, 4) is 17.0 Å². The van der Waals surface area contributed by atoms with Crippen molar-refractivity contribution in [1.82, 2.24) is 4.98 Å². The molecule has 0 spiro atoms. The molecule has 0 aliphatic rings. The summed E-state index contributed by atoms with van der Waals surface area (Å²) in [7, 11) is 0. The van der Waals surface area contributed by atoms with Crippen molar-refractivity contribution in [1.29, 1.82) is 0 Å². The van der Waals surface area contributed by atoms with Crippen molar-refractivity contribution in [3.05, 3.63) is 49.3 Å². The number of halogens is 1. The maximum absolute atomic E-state index is 12.1. The molecule has 25 heavy (non-hydrogen) atoms. The van der Waals surface area contributed by atoms with Crippen molar-refractivity contribution in [3.63, 3.8) is 0 Å². The van der Waals surface area contributed by atoms with E-state index in [1.165, 1.54) is 6.07 Å². The van der Waals surface area contributed by atoms with Crippen molar-refractivity contribution in [2.75, 3.05) is 6.61 Å². The van der Waals surface area contributed by atoms with E-state index in [-0.39, 0.29) is 5.69 Å². The number of ether oxygens (including phenoxy) is 1. The van der Waals surface area contributed by atoms with Crippen LogP contribution in [-0.4, -0.2) is 28.6 Å². The highest BCUT2D eigenvalue weighted by molar-refractivity contribution is 14.1. The summed E-state index contributed by atoms with van der Waals surface area (Å²) in [6, 6.07) is 6.44. The minimum absolute atomic E-state index is 0.278. The Morgan fingerprint density at radius 3 is 2.52 bits per heavy atom. The van der Waals surface area contributed by atoms with Gasteiger partial charge in [-0.15, -0.1) is 0 Å². The fourth-order valence-electron chi connectivity index (χ4n) is 2.17. The number of nitrogens with two attached hydrogens (primary N) is 1. The van der Waals surface area contributed by atoms with Crippen LogP contribution in [0.2, 0.25) is 0 Å². The van der Waals surface area contributed by atoms with E-state index < -0.39 is 28.6 Å². The third kappa shape index (κ3) is 4.38. The third-order valence-electron chi connectivity index (χ3n) is 3.33. The van der Waals surface area contributed by atoms with Crippen LogP contribution < -0.4 is 16.0 Å². The number of hydrogen-bond acceptors (Lipinski definition) is 4. The molecule has 1 amide bonds. The molecule has 1 aromatic heterocycles. The number of hydrogen-bond donors (Lipinski definition) is 3. The van der Waals surface area contributed by atoms with E-state index in [9.17, 15) is 19.5 Å². The van der Waals surface area contributed by atoms with Gasteiger partial charge in [-0.3, -0.25) is 9.59 Å². The number of benzene rings is 1. The normalized spacial score (nSPS) is 10.7. The van der Waals surface area contributed by atoms with Crippen LogP contribution in [0.1, 0.15) is 34.6 Å². The van der Waals surface area contributed by atoms with E-state index >= 15 is 0 Å². The Kier molecular flexibility index (Phi) is 5.83. The summed E-state index contributed by atoms with van der Waals surface area (Å²) in [5.41, 5.74) is 4.14. The van der Waals surface area contributed by atoms with Gasteiger partial charge in [0.1, 0.15) is 11.3 Å². The summed E-state index contributed by atoms with van der Waals surface area (Å²) in [6.45, 7) is 4.65. The van der Waals surface area contributed by atoms with Gasteiger partial charge in [-0.1, -0.05) is 13.8 Å². The number of carbonyl (C=O) groups excluding carboxylic acids is 1. The number of H-pyrrole nitrogens is 1. The molecular weight excluding hydrogens is 439 g/mol. The van der Waals surface area contributed by atoms with Crippen LogP contribution in [0.3, 0.4) is 0 Å². The van der Waals surface area contributed by atoms with E-state index in [2.05, 4.69) is 27.6 Å². The average Bonchev–Trinajstić information content (AvgIpc) is 2.52. The van der Waals surface area contributed by atoms with Crippen LogP contribution in [-0.2, 0) is 0 Å². The van der Waals surface area contributed by atoms with Gasteiger partial charge < -0.3 is 20.6 Å². The molecular formula is C17H17IN2O5. The Morgan fingerprint density at radius 1 is 1.32 bits per heavy atom. The zero-order chi connectivity index (χ0) is 18.7. The van der Waals surface area contributed by atoms with Gasteiger partial charge in [0.15, 0.2) is 0 Å². The van der Waals surface area contributed by atoms with Crippen molar-refractivity contribution < 1.29 is 19.4 Å². The molecule has 8 heteroatoms. The largest absolute Gasteiger partial charge is 0.492 e. The molecule has 0 atom stereocenters. The van der Waals surface area contributed by atoms with E-state index in [1.807, 2.05) is 13.8 Å². The van der Waals surface area contributed by atoms with Crippen molar-refractivity contribution in [2.45, 2.75) is 13.8 Å². The first-order valence-electron chi connectivity index (χ1n) is 7.43. The lowest BCUT2D eigenvalue weighted by Crippen LogP contribution is -2.27. The molecule has 0 saturated heterocycles. The second kappa shape index (κ2) is 7.68. The fourth-order valence-corrected chi connectivity index (χ4v) is 2.84. The molecule has 7 nitrogen and oxygen atoms in total. The summed E-state index contributed by atoms with van der Waals surface area (Å²) in [5, 5.41) is 9.25. The molecule has 2 rings (SSSR count). The molecule has 1 heterocycles. The molecule has 0 radical (unpaired) electrons. The predicted molar refractivity (Wildman–Crippen MR) is 101 cm³/mol. The number of nitrogens with one attached hydrogen (secondary N) is 1. The topological polar surface area (TPSA) is 122 Å². The first kappa shape index (κ1) is 19.0. The molecule has 132 valence electrons. The number of aromatic carboxylic acids is 1. The Hall–Kier alpha value is -2.36. The summed E-state index contributed by atoms with van der Waals surface area (Å²) in [5.74, 6) is -1.40. The van der Waals surface area contributed by atoms with E-state index in [0.29, 0.717) is 23.8 Å². The van der Waals surface area contributed by atoms with Crippen molar-refractivity contribution >= 4 is 34.5 Å². The number of amides is 1. The van der Waals surface area contributed by atoms with Crippen LogP contribution in [0.25, 0.3) is 11.3 Å². The van der Waals surface area contributed by atoms with E-state index in [1.54, 1.807) is 18.2 Å². The minimum atomic E-state index is -1.40. The van der Waals surface area contributed by atoms with Gasteiger partial charge in [-0.05, 0) is 58.3 Å². The van der Waals surface area contributed by atoms with Gasteiger partial charge in [-0.25, -0.2) is 4.79 Å². The van der Waals surface area contributed by atoms with Crippen LogP contribution >= 0.6 is 22.6 Å². The number of rotatable bonds is 6. The smallest absolute Gasteiger partial charge is 0.336 e. The molecule has 1 aromatic carbocycles. The van der Waals surface area contributed by atoms with Gasteiger partial charge >= 0.3 is 5.97 Å². The standard InChI is InChI=1S/C17H17IN2O5/c1-8(2)7-25-13-4-3-9(5-11(13)18)12-6-10(17(23)24)14(15(19)21)16(22)20-12/h3-6,8H,7H2,1-2H3,(H2,19,21)(H,20,22)(H,23,24). The van der Waals surface area contributed by atoms with Crippen LogP contribution in [0, 0.1) is 9.49 Å². The van der Waals surface area contributed by atoms with Gasteiger partial charge in [-0.2, -0.15) is 0 Å². The zero-order valence-corrected chi connectivity index (χ0v) is 15.8. The molecule has 0 bridgehead atoms. The molecule has 4 N–H and O–H groups in total. The molecule has 0 fully saturated rings. The summed E-state index contributed by atoms with van der Waals surface area (Å²) < 4.78 is 6.50. The summed E-state index contributed by atoms with van der Waals surface area (Å²) in [6.07, 6.45) is 0. The lowest BCUT2D eigenvalue weighted by atomic mass is 10.0. The van der Waals surface area contributed by atoms with Crippen molar-refractivity contribution in [2.24, 2.45) is 11.7 Å². The highest BCUT2D eigenvalue weighted by atomic mass is 127. The number of carboxylic acids is 1. The van der Waals surface area contributed by atoms with Crippen LogP contribution in [0.4, 0.5) is 0 Å². The van der Waals surface area contributed by atoms with E-state index in [0.717, 1.165) is 3.57 Å². The highest BCUT2D eigenvalue weighted by Crippen LogP contribution is 2.27. The third-order valence-corrected chi connectivity index (χ3v) is 4.17. The number of carboxylic acid groups (broad SMARTS) is 1. The van der Waals surface area contributed by atoms with Gasteiger partial charge in [0.25, 0.3) is 11.5 Å². The molecule has 0 saturated carbocycles. The van der Waals surface area contributed by atoms with Crippen LogP contribution in [0.15, 0.2) is 29.1 Å². The molecule has 0 aliphatic heterocycles. The highest BCUT2D eigenvalue weighted by Gasteiger charge is 2.20. The molecule has 0 aliphatic carbocycles. The van der Waals surface area contributed by atoms with Gasteiger partial charge in [0.05, 0.1) is 15.7 Å². The van der Waals surface area contributed by atoms with Gasteiger partial charge in [0.2, 0.25) is 0 Å². The Labute approximate surface area is 157 Å². The minimum Gasteiger partial charge on any atom is -0.492 e. The number of carbonyl (C=O) groups is 2. The Bertz CT molecular complexity index is 889. The quantitative estimate of drug-likeness (QED) is 0.577. The van der Waals surface area contributed by atoms with E-state index in [4.69, 9.17) is 10.5 Å². The first-order valence-corrected chi connectivity index (χ1v) is 8.51. The van der Waals surface area contributed by atoms with Crippen LogP contribution in [0.5, 0.6) is 5.75 Å². The zero-order valence-electron chi connectivity index (χ0n) is 13.6. The monoisotopic (exact) mass is 456 g/mol. The number of aromatic amines is 1. The number of aromatic nitrogens is 1. The van der Waals surface area contributed by atoms with Gasteiger partial charge in [0, 0.05) is 5.69 Å². The second-order valence-corrected chi connectivity index (χ2v) is 6.98. The molecule has 2 aromatic rings. The second-order valence-electron chi connectivity index (χ2n) is 5.82. The summed E-state index contributed by atoms with van der Waals surface area (Å²) in [4.78, 5) is 37.3. The SMILES string of the molecule is CC(C)COc1ccc(-c2cc(C(=O)O)c(C(N)=O)c(=O)[nH]2)cc1I. The first-order chi connectivity index (χ1) is 11.7. The lowest BCUT2D eigenvalue weighted by Gasteiger charge is -2.12. The number of primary amides is 1. The maximum atomic E-state index is 12.1. The Balaban J connectivity index is 2.49. The fraction of sp³-hybridized carbons (Fsp3) is 0.235. The lowest BCUT2D eigenvalue weighted by molar-refractivity contribution is 0.0691. The Morgan fingerprint density at radius 2 is 2.00 bits per heavy atom. The maximum Gasteiger partial charge on any atom is 0.336 e. The average molecular weight is 456 g/mol. The molecule has 0 unspecified atom stereocenters. The summed E-state index contributed by atoms with van der Waals surface area (Å²) >= 11 is 2.10. The number of pyridine rings is 1.